The van der Waals surface area contributed by atoms with Gasteiger partial charge in [0.15, 0.2) is 0 Å². The SMILES string of the molecule is CCCCCCCC/C=C\CCCCCCCCOCC(CNCCC)OCCO[C@H]1CC[C@@]2(C)C(=CC[C@H]3[C@@H]4CC[C@H]([C@H](C)CCCC(C)C)[C@@]4(C)CC[C@@H]32)C1. The number of fused-ring (bicyclic) bond motifs is 5. The van der Waals surface area contributed by atoms with Crippen LogP contribution in [0.25, 0.3) is 0 Å². The molecule has 332 valence electrons. The van der Waals surface area contributed by atoms with E-state index in [-0.39, 0.29) is 6.10 Å². The second-order valence-electron chi connectivity index (χ2n) is 20.7. The van der Waals surface area contributed by atoms with Crippen LogP contribution in [-0.4, -0.2) is 51.7 Å². The zero-order chi connectivity index (χ0) is 40.8. The van der Waals surface area contributed by atoms with E-state index in [2.05, 4.69) is 72.0 Å². The number of unbranched alkanes of at least 4 members (excludes halogenated alkanes) is 12. The monoisotopic (exact) mass is 796 g/mol. The molecule has 0 aliphatic heterocycles. The topological polar surface area (TPSA) is 39.7 Å². The highest BCUT2D eigenvalue weighted by Gasteiger charge is 2.59. The summed E-state index contributed by atoms with van der Waals surface area (Å²) in [5.41, 5.74) is 2.69. The van der Waals surface area contributed by atoms with Crippen LogP contribution in [-0.2, 0) is 14.2 Å². The Bertz CT molecular complexity index is 1100. The van der Waals surface area contributed by atoms with E-state index in [1.165, 1.54) is 148 Å². The molecule has 0 aromatic carbocycles. The summed E-state index contributed by atoms with van der Waals surface area (Å²) < 4.78 is 19.1. The Morgan fingerprint density at radius 3 is 2.18 bits per heavy atom. The summed E-state index contributed by atoms with van der Waals surface area (Å²) in [4.78, 5) is 0. The second kappa shape index (κ2) is 27.3. The molecule has 1 unspecified atom stereocenters. The van der Waals surface area contributed by atoms with Gasteiger partial charge in [-0.3, -0.25) is 0 Å². The van der Waals surface area contributed by atoms with Crippen LogP contribution in [0.2, 0.25) is 0 Å². The molecule has 9 atom stereocenters. The normalized spacial score (nSPS) is 29.7. The van der Waals surface area contributed by atoms with E-state index in [9.17, 15) is 0 Å². The summed E-state index contributed by atoms with van der Waals surface area (Å²) in [7, 11) is 0. The predicted octanol–water partition coefficient (Wildman–Crippen LogP) is 14.9. The van der Waals surface area contributed by atoms with E-state index in [4.69, 9.17) is 14.2 Å². The third kappa shape index (κ3) is 15.9. The Hall–Kier alpha value is -0.680. The average Bonchev–Trinajstić information content (AvgIpc) is 3.56. The summed E-state index contributed by atoms with van der Waals surface area (Å²) in [5, 5.41) is 3.57. The first kappa shape index (κ1) is 49.0. The van der Waals surface area contributed by atoms with Gasteiger partial charge in [0, 0.05) is 13.2 Å². The molecular formula is C53H97NO3. The average molecular weight is 796 g/mol. The van der Waals surface area contributed by atoms with Crippen molar-refractivity contribution in [3.8, 4) is 0 Å². The van der Waals surface area contributed by atoms with Crippen molar-refractivity contribution in [2.45, 2.75) is 228 Å². The van der Waals surface area contributed by atoms with E-state index in [1.807, 2.05) is 0 Å². The molecule has 3 fully saturated rings. The van der Waals surface area contributed by atoms with Gasteiger partial charge in [-0.15, -0.1) is 0 Å². The highest BCUT2D eigenvalue weighted by molar-refractivity contribution is 5.25. The van der Waals surface area contributed by atoms with E-state index in [1.54, 1.807) is 5.57 Å². The van der Waals surface area contributed by atoms with Crippen molar-refractivity contribution < 1.29 is 14.2 Å². The van der Waals surface area contributed by atoms with Crippen molar-refractivity contribution in [2.24, 2.45) is 46.3 Å². The first-order chi connectivity index (χ1) is 27.7. The molecule has 4 heteroatoms. The van der Waals surface area contributed by atoms with Gasteiger partial charge in [0.05, 0.1) is 32.0 Å². The smallest absolute Gasteiger partial charge is 0.0933 e. The van der Waals surface area contributed by atoms with Crippen molar-refractivity contribution >= 4 is 0 Å². The number of hydrogen-bond acceptors (Lipinski definition) is 4. The maximum atomic E-state index is 6.57. The van der Waals surface area contributed by atoms with Crippen molar-refractivity contribution in [1.29, 1.82) is 0 Å². The minimum atomic E-state index is 0.0945. The molecule has 0 heterocycles. The van der Waals surface area contributed by atoms with Crippen LogP contribution in [0.1, 0.15) is 215 Å². The Kier molecular flexibility index (Phi) is 23.5. The van der Waals surface area contributed by atoms with Gasteiger partial charge in [0.25, 0.3) is 0 Å². The summed E-state index contributed by atoms with van der Waals surface area (Å²) >= 11 is 0. The lowest BCUT2D eigenvalue weighted by molar-refractivity contribution is -0.0760. The lowest BCUT2D eigenvalue weighted by Gasteiger charge is -2.58. The number of hydrogen-bond donors (Lipinski definition) is 1. The molecule has 0 aromatic rings. The standard InChI is InChI=1S/C53H97NO3/c1-8-10-11-12-13-14-15-16-17-18-19-20-21-22-23-24-37-55-42-47(41-54-36-9-2)57-39-38-56-46-32-34-52(6)45(40-46)28-29-48-50-31-30-49(44(5)27-25-26-43(3)4)53(50,7)35-33-51(48)52/h16-17,28,43-44,46-51,54H,8-15,18-27,29-42H2,1-7H3/b17-16-/t44-,46+,47?,48+,49-,50+,51+,52+,53-/m1/s1. The second-order valence-corrected chi connectivity index (χ2v) is 20.7. The Morgan fingerprint density at radius 2 is 1.46 bits per heavy atom. The maximum Gasteiger partial charge on any atom is 0.0933 e. The highest BCUT2D eigenvalue weighted by atomic mass is 16.6. The van der Waals surface area contributed by atoms with Crippen LogP contribution in [0.15, 0.2) is 23.8 Å². The molecule has 3 saturated carbocycles. The van der Waals surface area contributed by atoms with Crippen LogP contribution in [0.3, 0.4) is 0 Å². The zero-order valence-corrected chi connectivity index (χ0v) is 39.2. The Balaban J connectivity index is 1.08. The fraction of sp³-hybridized carbons (Fsp3) is 0.925. The van der Waals surface area contributed by atoms with E-state index < -0.39 is 0 Å². The van der Waals surface area contributed by atoms with Crippen molar-refractivity contribution in [3.05, 3.63) is 23.8 Å². The Morgan fingerprint density at radius 1 is 0.737 bits per heavy atom. The molecule has 4 aliphatic rings. The van der Waals surface area contributed by atoms with Crippen molar-refractivity contribution in [3.63, 3.8) is 0 Å². The number of ether oxygens (including phenoxy) is 3. The van der Waals surface area contributed by atoms with E-state index in [0.29, 0.717) is 36.8 Å². The van der Waals surface area contributed by atoms with Gasteiger partial charge in [-0.25, -0.2) is 0 Å². The largest absolute Gasteiger partial charge is 0.379 e. The van der Waals surface area contributed by atoms with Gasteiger partial charge in [-0.1, -0.05) is 149 Å². The number of allylic oxidation sites excluding steroid dienone is 3. The summed E-state index contributed by atoms with van der Waals surface area (Å²) in [6.07, 6.45) is 43.0. The van der Waals surface area contributed by atoms with Gasteiger partial charge in [-0.05, 0) is 143 Å². The van der Waals surface area contributed by atoms with Gasteiger partial charge in [0.1, 0.15) is 0 Å². The summed E-state index contributed by atoms with van der Waals surface area (Å²) in [6, 6.07) is 0. The van der Waals surface area contributed by atoms with Crippen LogP contribution in [0.4, 0.5) is 0 Å². The Labute approximate surface area is 355 Å². The lowest BCUT2D eigenvalue weighted by atomic mass is 9.47. The van der Waals surface area contributed by atoms with Gasteiger partial charge >= 0.3 is 0 Å². The van der Waals surface area contributed by atoms with Crippen molar-refractivity contribution in [2.75, 3.05) is 39.5 Å². The van der Waals surface area contributed by atoms with Crippen LogP contribution in [0.5, 0.6) is 0 Å². The summed E-state index contributed by atoms with van der Waals surface area (Å²) in [5.74, 6) is 5.39. The minimum Gasteiger partial charge on any atom is -0.379 e. The molecule has 0 saturated heterocycles. The molecular weight excluding hydrogens is 699 g/mol. The van der Waals surface area contributed by atoms with Gasteiger partial charge < -0.3 is 19.5 Å². The number of nitrogens with one attached hydrogen (secondary N) is 1. The van der Waals surface area contributed by atoms with Crippen molar-refractivity contribution in [1.82, 2.24) is 5.32 Å². The molecule has 57 heavy (non-hydrogen) atoms. The third-order valence-electron chi connectivity index (χ3n) is 16.0. The molecule has 4 nitrogen and oxygen atoms in total. The fourth-order valence-electron chi connectivity index (χ4n) is 12.5. The molecule has 1 N–H and O–H groups in total. The van der Waals surface area contributed by atoms with Crippen LogP contribution >= 0.6 is 0 Å². The van der Waals surface area contributed by atoms with Gasteiger partial charge in [0.2, 0.25) is 0 Å². The molecule has 0 bridgehead atoms. The number of rotatable bonds is 32. The summed E-state index contributed by atoms with van der Waals surface area (Å²) in [6.45, 7) is 22.1. The first-order valence-corrected chi connectivity index (χ1v) is 25.6. The van der Waals surface area contributed by atoms with Gasteiger partial charge in [-0.2, -0.15) is 0 Å². The highest BCUT2D eigenvalue weighted by Crippen LogP contribution is 2.67. The zero-order valence-electron chi connectivity index (χ0n) is 39.2. The maximum absolute atomic E-state index is 6.57. The van der Waals surface area contributed by atoms with E-state index in [0.717, 1.165) is 74.5 Å². The minimum absolute atomic E-state index is 0.0945. The van der Waals surface area contributed by atoms with E-state index >= 15 is 0 Å². The molecule has 0 spiro atoms. The molecule has 0 amide bonds. The molecule has 0 radical (unpaired) electrons. The third-order valence-corrected chi connectivity index (χ3v) is 16.0. The molecule has 4 aliphatic carbocycles. The van der Waals surface area contributed by atoms with Crippen LogP contribution < -0.4 is 5.32 Å². The molecule has 4 rings (SSSR count). The van der Waals surface area contributed by atoms with Crippen LogP contribution in [0, 0.1) is 46.3 Å². The molecule has 0 aromatic heterocycles. The predicted molar refractivity (Wildman–Crippen MR) is 246 cm³/mol. The quantitative estimate of drug-likeness (QED) is 0.0544. The lowest BCUT2D eigenvalue weighted by Crippen LogP contribution is -2.51. The first-order valence-electron chi connectivity index (χ1n) is 25.6. The fourth-order valence-corrected chi connectivity index (χ4v) is 12.5.